The van der Waals surface area contributed by atoms with Crippen LogP contribution in [0.5, 0.6) is 0 Å². The number of carbonyl (C=O) groups is 3. The lowest BCUT2D eigenvalue weighted by atomic mass is 10.6. The van der Waals surface area contributed by atoms with E-state index in [1.807, 2.05) is 0 Å². The fraction of sp³-hybridized carbons (Fsp3) is 0.500. The topological polar surface area (TPSA) is 84.5 Å². The molecule has 0 aromatic carbocycles. The van der Waals surface area contributed by atoms with E-state index in [-0.39, 0.29) is 25.8 Å². The monoisotopic (exact) mass is 174 g/mol. The van der Waals surface area contributed by atoms with Crippen LogP contribution in [0.2, 0.25) is 0 Å². The molecule has 0 aromatic rings. The Kier molecular flexibility index (Phi) is 6.76. The number of aldehydes is 1. The molecule has 0 fully saturated rings. The van der Waals surface area contributed by atoms with E-state index in [0.29, 0.717) is 12.7 Å². The maximum atomic E-state index is 10.7. The van der Waals surface area contributed by atoms with Crippen LogP contribution in [-0.2, 0) is 19.1 Å². The van der Waals surface area contributed by atoms with Crippen molar-refractivity contribution >= 4 is 18.6 Å². The molecule has 0 radical (unpaired) electrons. The molecule has 0 unspecified atom stereocenters. The first-order valence-electron chi connectivity index (χ1n) is 3.26. The van der Waals surface area contributed by atoms with Crippen LogP contribution >= 0.6 is 0 Å². The summed E-state index contributed by atoms with van der Waals surface area (Å²) in [6.07, 6.45) is 1.00. The van der Waals surface area contributed by atoms with E-state index in [1.165, 1.54) is 0 Å². The van der Waals surface area contributed by atoms with Crippen LogP contribution in [0.15, 0.2) is 0 Å². The molecule has 2 amide bonds. The third kappa shape index (κ3) is 6.69. The Bertz CT molecular complexity index is 160. The van der Waals surface area contributed by atoms with E-state index < -0.39 is 0 Å². The average molecular weight is 174 g/mol. The first kappa shape index (κ1) is 10.6. The van der Waals surface area contributed by atoms with Gasteiger partial charge in [0.2, 0.25) is 12.3 Å². The zero-order valence-corrected chi connectivity index (χ0v) is 6.41. The van der Waals surface area contributed by atoms with Crippen molar-refractivity contribution in [1.29, 1.82) is 0 Å². The Hall–Kier alpha value is -1.43. The maximum Gasteiger partial charge on any atom is 0.241 e. The fourth-order valence-electron chi connectivity index (χ4n) is 0.435. The van der Waals surface area contributed by atoms with Gasteiger partial charge in [-0.05, 0) is 0 Å². The first-order chi connectivity index (χ1) is 5.81. The zero-order valence-electron chi connectivity index (χ0n) is 6.41. The molecular weight excluding hydrogens is 164 g/mol. The lowest BCUT2D eigenvalue weighted by molar-refractivity contribution is -0.124. The van der Waals surface area contributed by atoms with Gasteiger partial charge in [-0.2, -0.15) is 0 Å². The van der Waals surface area contributed by atoms with Gasteiger partial charge in [0.15, 0.2) is 0 Å². The average Bonchev–Trinajstić information content (AvgIpc) is 2.09. The highest BCUT2D eigenvalue weighted by atomic mass is 16.5. The summed E-state index contributed by atoms with van der Waals surface area (Å²) in [4.78, 5) is 30.1. The quantitative estimate of drug-likeness (QED) is 0.266. The SMILES string of the molecule is O=CCOCNC(=O)CNC=O. The number of rotatable bonds is 7. The van der Waals surface area contributed by atoms with Crippen LogP contribution in [0, 0.1) is 0 Å². The number of nitrogens with one attached hydrogen (secondary N) is 2. The number of ether oxygens (including phenoxy) is 1. The van der Waals surface area contributed by atoms with Gasteiger partial charge in [-0.3, -0.25) is 9.59 Å². The lowest BCUT2D eigenvalue weighted by Gasteiger charge is -2.02. The predicted molar refractivity (Wildman–Crippen MR) is 39.1 cm³/mol. The Balaban J connectivity index is 3.19. The maximum absolute atomic E-state index is 10.7. The molecule has 0 heterocycles. The zero-order chi connectivity index (χ0) is 9.23. The minimum absolute atomic E-state index is 0.0297. The highest BCUT2D eigenvalue weighted by Gasteiger charge is 1.96. The Morgan fingerprint density at radius 3 is 2.75 bits per heavy atom. The smallest absolute Gasteiger partial charge is 0.241 e. The molecule has 6 heteroatoms. The van der Waals surface area contributed by atoms with Crippen LogP contribution in [0.1, 0.15) is 0 Å². The second kappa shape index (κ2) is 7.67. The van der Waals surface area contributed by atoms with Crippen molar-refractivity contribution in [3.8, 4) is 0 Å². The predicted octanol–water partition coefficient (Wildman–Crippen LogP) is -1.98. The van der Waals surface area contributed by atoms with E-state index in [9.17, 15) is 14.4 Å². The van der Waals surface area contributed by atoms with E-state index in [1.54, 1.807) is 0 Å². The summed E-state index contributed by atoms with van der Waals surface area (Å²) >= 11 is 0. The van der Waals surface area contributed by atoms with Crippen LogP contribution in [0.3, 0.4) is 0 Å². The van der Waals surface area contributed by atoms with Crippen molar-refractivity contribution in [3.63, 3.8) is 0 Å². The molecule has 0 saturated carbocycles. The van der Waals surface area contributed by atoms with Gasteiger partial charge in [-0.25, -0.2) is 0 Å². The molecule has 0 saturated heterocycles. The van der Waals surface area contributed by atoms with Gasteiger partial charge in [-0.15, -0.1) is 0 Å². The molecule has 0 rings (SSSR count). The minimum atomic E-state index is -0.368. The molecule has 0 bridgehead atoms. The molecule has 0 aliphatic carbocycles. The van der Waals surface area contributed by atoms with Gasteiger partial charge in [0, 0.05) is 0 Å². The fourth-order valence-corrected chi connectivity index (χ4v) is 0.435. The van der Waals surface area contributed by atoms with Crippen molar-refractivity contribution < 1.29 is 19.1 Å². The second-order valence-corrected chi connectivity index (χ2v) is 1.78. The highest BCUT2D eigenvalue weighted by Crippen LogP contribution is 1.67. The number of carbonyl (C=O) groups excluding carboxylic acids is 3. The molecule has 12 heavy (non-hydrogen) atoms. The third-order valence-electron chi connectivity index (χ3n) is 0.903. The molecule has 0 atom stereocenters. The molecule has 0 aromatic heterocycles. The van der Waals surface area contributed by atoms with Gasteiger partial charge in [0.05, 0.1) is 6.54 Å². The Morgan fingerprint density at radius 1 is 1.42 bits per heavy atom. The van der Waals surface area contributed by atoms with E-state index in [4.69, 9.17) is 0 Å². The molecule has 68 valence electrons. The van der Waals surface area contributed by atoms with Crippen LogP contribution < -0.4 is 10.6 Å². The molecular formula is C6H10N2O4. The number of hydrogen-bond acceptors (Lipinski definition) is 4. The normalized spacial score (nSPS) is 8.67. The molecule has 6 nitrogen and oxygen atoms in total. The van der Waals surface area contributed by atoms with Gasteiger partial charge >= 0.3 is 0 Å². The second-order valence-electron chi connectivity index (χ2n) is 1.78. The van der Waals surface area contributed by atoms with E-state index >= 15 is 0 Å². The van der Waals surface area contributed by atoms with Crippen molar-refractivity contribution in [1.82, 2.24) is 10.6 Å². The summed E-state index contributed by atoms with van der Waals surface area (Å²) in [5.74, 6) is -0.368. The number of amides is 2. The summed E-state index contributed by atoms with van der Waals surface area (Å²) in [6.45, 7) is -0.173. The van der Waals surface area contributed by atoms with Gasteiger partial charge < -0.3 is 20.2 Å². The molecule has 0 spiro atoms. The van der Waals surface area contributed by atoms with Gasteiger partial charge in [0.1, 0.15) is 19.6 Å². The van der Waals surface area contributed by atoms with Crippen LogP contribution in [0.4, 0.5) is 0 Å². The minimum Gasteiger partial charge on any atom is -0.354 e. The van der Waals surface area contributed by atoms with E-state index in [2.05, 4.69) is 15.4 Å². The number of hydrogen-bond donors (Lipinski definition) is 2. The van der Waals surface area contributed by atoms with E-state index in [0.717, 1.165) is 0 Å². The third-order valence-corrected chi connectivity index (χ3v) is 0.903. The molecule has 2 N–H and O–H groups in total. The van der Waals surface area contributed by atoms with Crippen molar-refractivity contribution in [2.45, 2.75) is 0 Å². The van der Waals surface area contributed by atoms with Crippen LogP contribution in [-0.4, -0.2) is 38.5 Å². The standard InChI is InChI=1S/C6H10N2O4/c9-1-2-12-5-8-6(11)3-7-4-10/h1,4H,2-3,5H2,(H,7,10)(H,8,11). The van der Waals surface area contributed by atoms with Crippen LogP contribution in [0.25, 0.3) is 0 Å². The summed E-state index contributed by atoms with van der Waals surface area (Å²) in [5, 5.41) is 4.48. The van der Waals surface area contributed by atoms with Gasteiger partial charge in [-0.1, -0.05) is 0 Å². The highest BCUT2D eigenvalue weighted by molar-refractivity contribution is 5.79. The molecule has 0 aliphatic heterocycles. The Morgan fingerprint density at radius 2 is 2.17 bits per heavy atom. The van der Waals surface area contributed by atoms with Gasteiger partial charge in [0.25, 0.3) is 0 Å². The largest absolute Gasteiger partial charge is 0.354 e. The molecule has 0 aliphatic rings. The van der Waals surface area contributed by atoms with Crippen molar-refractivity contribution in [2.24, 2.45) is 0 Å². The summed E-state index contributed by atoms with van der Waals surface area (Å²) in [6, 6.07) is 0. The van der Waals surface area contributed by atoms with Crippen molar-refractivity contribution in [3.05, 3.63) is 0 Å². The summed E-state index contributed by atoms with van der Waals surface area (Å²) in [5.41, 5.74) is 0. The summed E-state index contributed by atoms with van der Waals surface area (Å²) in [7, 11) is 0. The van der Waals surface area contributed by atoms with Crippen molar-refractivity contribution in [2.75, 3.05) is 19.9 Å². The summed E-state index contributed by atoms with van der Waals surface area (Å²) < 4.78 is 4.62. The Labute approximate surface area is 69.3 Å². The first-order valence-corrected chi connectivity index (χ1v) is 3.26. The lowest BCUT2D eigenvalue weighted by Crippen LogP contribution is -2.34.